The third-order valence-electron chi connectivity index (χ3n) is 7.51. The lowest BCUT2D eigenvalue weighted by atomic mass is 9.84. The van der Waals surface area contributed by atoms with E-state index in [1.807, 2.05) is 7.05 Å². The quantitative estimate of drug-likeness (QED) is 0.502. The highest BCUT2D eigenvalue weighted by Crippen LogP contribution is 2.30. The van der Waals surface area contributed by atoms with E-state index >= 15 is 0 Å². The number of unbranched alkanes of at least 4 members (excludes halogenated alkanes) is 1. The van der Waals surface area contributed by atoms with Crippen molar-refractivity contribution in [3.05, 3.63) is 0 Å². The predicted octanol–water partition coefficient (Wildman–Crippen LogP) is 2.37. The molecule has 0 amide bonds. The number of hydrogen-bond acceptors (Lipinski definition) is 4. The van der Waals surface area contributed by atoms with Gasteiger partial charge in [0.25, 0.3) is 0 Å². The average Bonchev–Trinajstić information content (AvgIpc) is 2.78. The zero-order valence-electron chi connectivity index (χ0n) is 19.4. The highest BCUT2D eigenvalue weighted by atomic mass is 15.3. The molecule has 3 aliphatic rings. The monoisotopic (exact) mass is 406 g/mol. The van der Waals surface area contributed by atoms with E-state index in [0.717, 1.165) is 12.5 Å². The molecule has 3 rings (SSSR count). The van der Waals surface area contributed by atoms with Crippen molar-refractivity contribution in [3.63, 3.8) is 0 Å². The molecule has 0 unspecified atom stereocenters. The van der Waals surface area contributed by atoms with Crippen LogP contribution in [0.15, 0.2) is 4.99 Å². The molecular formula is C23H46N6. The molecule has 0 bridgehead atoms. The second-order valence-electron chi connectivity index (χ2n) is 9.61. The molecule has 3 heterocycles. The molecule has 0 saturated carbocycles. The molecule has 0 aromatic rings. The van der Waals surface area contributed by atoms with Crippen molar-refractivity contribution >= 4 is 5.96 Å². The number of nitrogens with one attached hydrogen (secondary N) is 2. The summed E-state index contributed by atoms with van der Waals surface area (Å²) in [5.41, 5.74) is 0.300. The van der Waals surface area contributed by atoms with Crippen molar-refractivity contribution in [2.45, 2.75) is 76.3 Å². The smallest absolute Gasteiger partial charge is 0.191 e. The third-order valence-corrected chi connectivity index (χ3v) is 7.51. The minimum Gasteiger partial charge on any atom is -0.355 e. The van der Waals surface area contributed by atoms with Gasteiger partial charge in [-0.25, -0.2) is 0 Å². The lowest BCUT2D eigenvalue weighted by Gasteiger charge is -2.50. The molecule has 0 aromatic heterocycles. The van der Waals surface area contributed by atoms with Crippen molar-refractivity contribution in [2.24, 2.45) is 4.99 Å². The van der Waals surface area contributed by atoms with Crippen LogP contribution in [0.25, 0.3) is 0 Å². The van der Waals surface area contributed by atoms with E-state index in [9.17, 15) is 0 Å². The molecule has 29 heavy (non-hydrogen) atoms. The number of hydrogen-bond donors (Lipinski definition) is 2. The zero-order chi connectivity index (χ0) is 20.5. The van der Waals surface area contributed by atoms with Crippen LogP contribution in [-0.4, -0.2) is 98.7 Å². The van der Waals surface area contributed by atoms with Gasteiger partial charge in [-0.2, -0.15) is 0 Å². The number of aliphatic imine (C=N–C) groups is 1. The first kappa shape index (κ1) is 22.8. The number of piperidine rings is 3. The van der Waals surface area contributed by atoms with Gasteiger partial charge in [0.1, 0.15) is 0 Å². The molecule has 0 spiro atoms. The van der Waals surface area contributed by atoms with Crippen LogP contribution in [0.5, 0.6) is 0 Å². The standard InChI is InChI=1S/C23H46N6/c1-4-5-13-28-16-9-21(10-17-28)26-22(24-2)25-20-23(11-18-27(3)19-12-23)29-14-7-6-8-15-29/h21H,4-20H2,1-3H3,(H2,24,25,26). The summed E-state index contributed by atoms with van der Waals surface area (Å²) in [5, 5.41) is 7.48. The summed E-state index contributed by atoms with van der Waals surface area (Å²) in [5.74, 6) is 1.01. The summed E-state index contributed by atoms with van der Waals surface area (Å²) in [4.78, 5) is 12.5. The Hall–Kier alpha value is -0.850. The maximum Gasteiger partial charge on any atom is 0.191 e. The fourth-order valence-electron chi connectivity index (χ4n) is 5.33. The number of guanidine groups is 1. The SMILES string of the molecule is CCCCN1CCC(NC(=NC)NCC2(N3CCCCC3)CCN(C)CC2)CC1. The van der Waals surface area contributed by atoms with Gasteiger partial charge in [0.15, 0.2) is 5.96 Å². The first-order valence-corrected chi connectivity index (χ1v) is 12.3. The van der Waals surface area contributed by atoms with Crippen LogP contribution in [0.2, 0.25) is 0 Å². The van der Waals surface area contributed by atoms with Gasteiger partial charge in [0.05, 0.1) is 0 Å². The Bertz CT molecular complexity index is 486. The summed E-state index contributed by atoms with van der Waals surface area (Å²) in [6.07, 6.45) is 11.7. The zero-order valence-corrected chi connectivity index (χ0v) is 19.4. The van der Waals surface area contributed by atoms with E-state index in [2.05, 4.69) is 44.3 Å². The summed E-state index contributed by atoms with van der Waals surface area (Å²) in [6.45, 7) is 12.0. The maximum absolute atomic E-state index is 4.58. The number of nitrogens with zero attached hydrogens (tertiary/aromatic N) is 4. The molecule has 168 valence electrons. The maximum atomic E-state index is 4.58. The summed E-state index contributed by atoms with van der Waals surface area (Å²) in [7, 11) is 4.19. The van der Waals surface area contributed by atoms with E-state index in [0.29, 0.717) is 11.6 Å². The molecule has 3 aliphatic heterocycles. The van der Waals surface area contributed by atoms with Crippen molar-refractivity contribution in [3.8, 4) is 0 Å². The van der Waals surface area contributed by atoms with Gasteiger partial charge < -0.3 is 20.4 Å². The Labute approximate surface area is 179 Å². The van der Waals surface area contributed by atoms with Crippen LogP contribution in [0.1, 0.15) is 64.7 Å². The van der Waals surface area contributed by atoms with Gasteiger partial charge in [-0.3, -0.25) is 9.89 Å². The van der Waals surface area contributed by atoms with Gasteiger partial charge in [0, 0.05) is 38.3 Å². The minimum atomic E-state index is 0.300. The van der Waals surface area contributed by atoms with Gasteiger partial charge in [0.2, 0.25) is 0 Å². The van der Waals surface area contributed by atoms with Crippen LogP contribution in [-0.2, 0) is 0 Å². The average molecular weight is 407 g/mol. The Morgan fingerprint density at radius 1 is 1.00 bits per heavy atom. The molecule has 3 fully saturated rings. The fourth-order valence-corrected chi connectivity index (χ4v) is 5.33. The van der Waals surface area contributed by atoms with Gasteiger partial charge in [-0.05, 0) is 84.7 Å². The third kappa shape index (κ3) is 6.56. The second-order valence-corrected chi connectivity index (χ2v) is 9.61. The highest BCUT2D eigenvalue weighted by molar-refractivity contribution is 5.80. The Balaban J connectivity index is 1.50. The summed E-state index contributed by atoms with van der Waals surface area (Å²) in [6, 6.07) is 0.558. The van der Waals surface area contributed by atoms with E-state index in [1.54, 1.807) is 0 Å². The van der Waals surface area contributed by atoms with Crippen LogP contribution in [0, 0.1) is 0 Å². The van der Waals surface area contributed by atoms with Crippen LogP contribution in [0.3, 0.4) is 0 Å². The van der Waals surface area contributed by atoms with Crippen molar-refractivity contribution < 1.29 is 0 Å². The van der Waals surface area contributed by atoms with Crippen molar-refractivity contribution in [2.75, 3.05) is 66.5 Å². The van der Waals surface area contributed by atoms with Crippen LogP contribution in [0.4, 0.5) is 0 Å². The molecule has 3 saturated heterocycles. The molecule has 6 heteroatoms. The second kappa shape index (κ2) is 11.5. The summed E-state index contributed by atoms with van der Waals surface area (Å²) < 4.78 is 0. The number of likely N-dealkylation sites (tertiary alicyclic amines) is 3. The molecule has 2 N–H and O–H groups in total. The molecule has 0 aliphatic carbocycles. The Kier molecular flexibility index (Phi) is 9.07. The first-order chi connectivity index (χ1) is 14.1. The molecule has 0 aromatic carbocycles. The molecular weight excluding hydrogens is 360 g/mol. The topological polar surface area (TPSA) is 46.1 Å². The molecule has 0 radical (unpaired) electrons. The van der Waals surface area contributed by atoms with Crippen LogP contribution >= 0.6 is 0 Å². The van der Waals surface area contributed by atoms with E-state index in [-0.39, 0.29) is 0 Å². The lowest BCUT2D eigenvalue weighted by molar-refractivity contribution is 0.0172. The van der Waals surface area contributed by atoms with Crippen molar-refractivity contribution in [1.82, 2.24) is 25.3 Å². The normalized spacial score (nSPS) is 25.8. The largest absolute Gasteiger partial charge is 0.355 e. The van der Waals surface area contributed by atoms with E-state index in [1.165, 1.54) is 104 Å². The van der Waals surface area contributed by atoms with E-state index in [4.69, 9.17) is 0 Å². The number of rotatable bonds is 7. The summed E-state index contributed by atoms with van der Waals surface area (Å²) >= 11 is 0. The van der Waals surface area contributed by atoms with E-state index < -0.39 is 0 Å². The van der Waals surface area contributed by atoms with Gasteiger partial charge >= 0.3 is 0 Å². The van der Waals surface area contributed by atoms with Gasteiger partial charge in [-0.15, -0.1) is 0 Å². The Morgan fingerprint density at radius 2 is 1.69 bits per heavy atom. The minimum absolute atomic E-state index is 0.300. The fraction of sp³-hybridized carbons (Fsp3) is 0.957. The molecule has 6 nitrogen and oxygen atoms in total. The Morgan fingerprint density at radius 3 is 2.31 bits per heavy atom. The lowest BCUT2D eigenvalue weighted by Crippen LogP contribution is -2.62. The predicted molar refractivity (Wildman–Crippen MR) is 124 cm³/mol. The first-order valence-electron chi connectivity index (χ1n) is 12.3. The van der Waals surface area contributed by atoms with Gasteiger partial charge in [-0.1, -0.05) is 19.8 Å². The van der Waals surface area contributed by atoms with Crippen molar-refractivity contribution in [1.29, 1.82) is 0 Å². The highest BCUT2D eigenvalue weighted by Gasteiger charge is 2.39. The van der Waals surface area contributed by atoms with Crippen LogP contribution < -0.4 is 10.6 Å². The molecule has 0 atom stereocenters.